The van der Waals surface area contributed by atoms with E-state index in [0.717, 1.165) is 5.56 Å². The van der Waals surface area contributed by atoms with Crippen molar-refractivity contribution < 1.29 is 14.6 Å². The minimum absolute atomic E-state index is 0.00535. The minimum atomic E-state index is 0.00535. The summed E-state index contributed by atoms with van der Waals surface area (Å²) in [5.41, 5.74) is 1.16. The first-order valence-corrected chi connectivity index (χ1v) is 4.78. The van der Waals surface area contributed by atoms with Crippen LogP contribution in [-0.2, 0) is 16.1 Å². The summed E-state index contributed by atoms with van der Waals surface area (Å²) in [4.78, 5) is 0. The Morgan fingerprint density at radius 1 is 1.21 bits per heavy atom. The van der Waals surface area contributed by atoms with E-state index >= 15 is 0 Å². The molecule has 2 atom stereocenters. The molecule has 0 spiro atoms. The first kappa shape index (κ1) is 9.65. The van der Waals surface area contributed by atoms with Crippen molar-refractivity contribution in [2.75, 3.05) is 13.2 Å². The van der Waals surface area contributed by atoms with Gasteiger partial charge in [-0.15, -0.1) is 0 Å². The molecule has 14 heavy (non-hydrogen) atoms. The highest BCUT2D eigenvalue weighted by molar-refractivity contribution is 5.13. The van der Waals surface area contributed by atoms with Gasteiger partial charge in [-0.2, -0.15) is 0 Å². The highest BCUT2D eigenvalue weighted by Gasteiger charge is 2.37. The van der Waals surface area contributed by atoms with Gasteiger partial charge in [0, 0.05) is 0 Å². The molecular weight excluding hydrogens is 180 g/mol. The third-order valence-electron chi connectivity index (χ3n) is 2.26. The monoisotopic (exact) mass is 194 g/mol. The van der Waals surface area contributed by atoms with Crippen molar-refractivity contribution in [3.05, 3.63) is 35.9 Å². The Balaban J connectivity index is 1.64. The summed E-state index contributed by atoms with van der Waals surface area (Å²) in [5.74, 6) is 0. The molecule has 1 aromatic rings. The molecule has 0 aromatic heterocycles. The van der Waals surface area contributed by atoms with Crippen molar-refractivity contribution in [1.29, 1.82) is 0 Å². The van der Waals surface area contributed by atoms with E-state index in [2.05, 4.69) is 0 Å². The fraction of sp³-hybridized carbons (Fsp3) is 0.455. The zero-order valence-electron chi connectivity index (χ0n) is 7.93. The van der Waals surface area contributed by atoms with Crippen LogP contribution in [0.15, 0.2) is 30.3 Å². The van der Waals surface area contributed by atoms with Crippen molar-refractivity contribution in [3.63, 3.8) is 0 Å². The van der Waals surface area contributed by atoms with E-state index in [1.54, 1.807) is 0 Å². The number of aliphatic hydroxyl groups excluding tert-OH is 1. The van der Waals surface area contributed by atoms with Gasteiger partial charge >= 0.3 is 0 Å². The molecule has 1 aliphatic rings. The van der Waals surface area contributed by atoms with Gasteiger partial charge < -0.3 is 14.6 Å². The van der Waals surface area contributed by atoms with Gasteiger partial charge in [0.25, 0.3) is 0 Å². The van der Waals surface area contributed by atoms with Crippen LogP contribution in [0.3, 0.4) is 0 Å². The predicted molar refractivity (Wildman–Crippen MR) is 51.8 cm³/mol. The second-order valence-electron chi connectivity index (χ2n) is 3.40. The average Bonchev–Trinajstić information content (AvgIpc) is 2.98. The van der Waals surface area contributed by atoms with Crippen LogP contribution in [0.5, 0.6) is 0 Å². The van der Waals surface area contributed by atoms with Crippen molar-refractivity contribution >= 4 is 0 Å². The molecule has 1 aliphatic heterocycles. The normalized spacial score (nSPS) is 24.9. The second kappa shape index (κ2) is 4.55. The van der Waals surface area contributed by atoms with Gasteiger partial charge in [0.15, 0.2) is 0 Å². The fourth-order valence-electron chi connectivity index (χ4n) is 1.35. The second-order valence-corrected chi connectivity index (χ2v) is 3.40. The van der Waals surface area contributed by atoms with Crippen LogP contribution in [0.2, 0.25) is 0 Å². The maximum absolute atomic E-state index is 8.71. The Morgan fingerprint density at radius 3 is 2.64 bits per heavy atom. The van der Waals surface area contributed by atoms with Gasteiger partial charge in [-0.25, -0.2) is 0 Å². The molecular formula is C11H14O3. The smallest absolute Gasteiger partial charge is 0.110 e. The molecule has 0 bridgehead atoms. The van der Waals surface area contributed by atoms with E-state index in [9.17, 15) is 0 Å². The van der Waals surface area contributed by atoms with E-state index in [-0.39, 0.29) is 18.8 Å². The lowest BCUT2D eigenvalue weighted by Gasteiger charge is -2.01. The number of hydrogen-bond acceptors (Lipinski definition) is 3. The maximum Gasteiger partial charge on any atom is 0.110 e. The molecule has 1 heterocycles. The zero-order valence-corrected chi connectivity index (χ0v) is 7.93. The van der Waals surface area contributed by atoms with Crippen molar-refractivity contribution in [2.45, 2.75) is 18.8 Å². The topological polar surface area (TPSA) is 42.0 Å². The molecule has 1 unspecified atom stereocenters. The Bertz CT molecular complexity index is 273. The van der Waals surface area contributed by atoms with E-state index < -0.39 is 0 Å². The molecule has 1 saturated heterocycles. The first-order chi connectivity index (χ1) is 6.90. The summed E-state index contributed by atoms with van der Waals surface area (Å²) in [6, 6.07) is 10.0. The molecule has 3 heteroatoms. The van der Waals surface area contributed by atoms with E-state index in [1.807, 2.05) is 30.3 Å². The molecule has 2 rings (SSSR count). The lowest BCUT2D eigenvalue weighted by molar-refractivity contribution is 0.104. The number of hydrogen-bond donors (Lipinski definition) is 1. The summed E-state index contributed by atoms with van der Waals surface area (Å²) in [6.07, 6.45) is 0.106. The highest BCUT2D eigenvalue weighted by Crippen LogP contribution is 2.21. The molecule has 0 aliphatic carbocycles. The van der Waals surface area contributed by atoms with Crippen LogP contribution in [-0.4, -0.2) is 30.5 Å². The van der Waals surface area contributed by atoms with E-state index in [4.69, 9.17) is 14.6 Å². The van der Waals surface area contributed by atoms with Crippen molar-refractivity contribution in [1.82, 2.24) is 0 Å². The fourth-order valence-corrected chi connectivity index (χ4v) is 1.35. The molecule has 3 nitrogen and oxygen atoms in total. The molecule has 0 amide bonds. The van der Waals surface area contributed by atoms with Gasteiger partial charge in [-0.05, 0) is 5.56 Å². The third kappa shape index (κ3) is 2.54. The molecule has 1 fully saturated rings. The number of benzene rings is 1. The van der Waals surface area contributed by atoms with Crippen LogP contribution in [0.1, 0.15) is 5.56 Å². The molecule has 0 radical (unpaired) electrons. The van der Waals surface area contributed by atoms with Crippen LogP contribution in [0.25, 0.3) is 0 Å². The Hall–Kier alpha value is -0.900. The maximum atomic E-state index is 8.71. The summed E-state index contributed by atoms with van der Waals surface area (Å²) in [7, 11) is 0. The lowest BCUT2D eigenvalue weighted by atomic mass is 10.2. The minimum Gasteiger partial charge on any atom is -0.394 e. The first-order valence-electron chi connectivity index (χ1n) is 4.78. The number of epoxide rings is 1. The molecule has 0 saturated carbocycles. The SMILES string of the molecule is OC[C@H]1OC1COCc1ccccc1. The average molecular weight is 194 g/mol. The summed E-state index contributed by atoms with van der Waals surface area (Å²) < 4.78 is 10.6. The van der Waals surface area contributed by atoms with Crippen LogP contribution < -0.4 is 0 Å². The van der Waals surface area contributed by atoms with Crippen LogP contribution in [0, 0.1) is 0 Å². The highest BCUT2D eigenvalue weighted by atomic mass is 16.6. The van der Waals surface area contributed by atoms with E-state index in [0.29, 0.717) is 13.2 Å². The summed E-state index contributed by atoms with van der Waals surface area (Å²) in [6.45, 7) is 1.28. The van der Waals surface area contributed by atoms with Crippen molar-refractivity contribution in [2.24, 2.45) is 0 Å². The van der Waals surface area contributed by atoms with Crippen LogP contribution in [0.4, 0.5) is 0 Å². The molecule has 1 aromatic carbocycles. The largest absolute Gasteiger partial charge is 0.394 e. The summed E-state index contributed by atoms with van der Waals surface area (Å²) in [5, 5.41) is 8.71. The Kier molecular flexibility index (Phi) is 3.14. The lowest BCUT2D eigenvalue weighted by Crippen LogP contribution is -2.07. The summed E-state index contributed by atoms with van der Waals surface area (Å²) >= 11 is 0. The Labute approximate surface area is 83.3 Å². The van der Waals surface area contributed by atoms with Crippen LogP contribution >= 0.6 is 0 Å². The number of aliphatic hydroxyl groups is 1. The quantitative estimate of drug-likeness (QED) is 0.710. The Morgan fingerprint density at radius 2 is 2.00 bits per heavy atom. The third-order valence-corrected chi connectivity index (χ3v) is 2.26. The van der Waals surface area contributed by atoms with Gasteiger partial charge in [0.2, 0.25) is 0 Å². The standard InChI is InChI=1S/C11H14O3/c12-6-10-11(14-10)8-13-7-9-4-2-1-3-5-9/h1-5,10-12H,6-8H2/t10-,11?/m1/s1. The van der Waals surface area contributed by atoms with E-state index in [1.165, 1.54) is 0 Å². The molecule has 1 N–H and O–H groups in total. The number of ether oxygens (including phenoxy) is 2. The molecule has 76 valence electrons. The van der Waals surface area contributed by atoms with Gasteiger partial charge in [0.05, 0.1) is 19.8 Å². The van der Waals surface area contributed by atoms with Gasteiger partial charge in [0.1, 0.15) is 12.2 Å². The zero-order chi connectivity index (χ0) is 9.80. The van der Waals surface area contributed by atoms with Gasteiger partial charge in [-0.3, -0.25) is 0 Å². The predicted octanol–water partition coefficient (Wildman–Crippen LogP) is 0.963. The van der Waals surface area contributed by atoms with Crippen molar-refractivity contribution in [3.8, 4) is 0 Å². The van der Waals surface area contributed by atoms with Gasteiger partial charge in [-0.1, -0.05) is 30.3 Å². The number of rotatable bonds is 5.